The summed E-state index contributed by atoms with van der Waals surface area (Å²) >= 11 is 5.75. The second-order valence-corrected chi connectivity index (χ2v) is 5.53. The molecule has 3 unspecified atom stereocenters. The molecule has 0 radical (unpaired) electrons. The Morgan fingerprint density at radius 2 is 2.12 bits per heavy atom. The lowest BCUT2D eigenvalue weighted by molar-refractivity contribution is 0.260. The van der Waals surface area contributed by atoms with Crippen LogP contribution in [0.25, 0.3) is 0 Å². The number of aromatic nitrogens is 2. The smallest absolute Gasteiger partial charge is 0.151 e. The van der Waals surface area contributed by atoms with Crippen LogP contribution in [0.2, 0.25) is 5.15 Å². The Morgan fingerprint density at radius 1 is 1.24 bits per heavy atom. The lowest BCUT2D eigenvalue weighted by Crippen LogP contribution is -2.38. The minimum atomic E-state index is 0.360. The first kappa shape index (κ1) is 11.2. The third-order valence-corrected chi connectivity index (χ3v) is 4.30. The van der Waals surface area contributed by atoms with E-state index in [1.165, 1.54) is 19.3 Å². The van der Waals surface area contributed by atoms with Crippen molar-refractivity contribution >= 4 is 17.4 Å². The summed E-state index contributed by atoms with van der Waals surface area (Å²) in [7, 11) is 0. The Bertz CT molecular complexity index is 394. The molecule has 1 aliphatic heterocycles. The fourth-order valence-electron chi connectivity index (χ4n) is 3.18. The topological polar surface area (TPSA) is 55.0 Å². The molecule has 0 aromatic carbocycles. The Morgan fingerprint density at radius 3 is 2.82 bits per heavy atom. The number of fused-ring (bicyclic) bond motifs is 1. The van der Waals surface area contributed by atoms with E-state index in [0.717, 1.165) is 24.8 Å². The molecule has 1 aromatic rings. The van der Waals surface area contributed by atoms with Crippen LogP contribution in [-0.2, 0) is 0 Å². The van der Waals surface area contributed by atoms with Crippen molar-refractivity contribution in [2.24, 2.45) is 17.6 Å². The Labute approximate surface area is 106 Å². The van der Waals surface area contributed by atoms with Gasteiger partial charge in [0.05, 0.1) is 0 Å². The van der Waals surface area contributed by atoms with Crippen molar-refractivity contribution in [1.29, 1.82) is 0 Å². The van der Waals surface area contributed by atoms with Crippen molar-refractivity contribution in [3.8, 4) is 0 Å². The van der Waals surface area contributed by atoms with Gasteiger partial charge in [-0.15, -0.1) is 10.2 Å². The van der Waals surface area contributed by atoms with Crippen molar-refractivity contribution in [3.63, 3.8) is 0 Å². The summed E-state index contributed by atoms with van der Waals surface area (Å²) in [6, 6.07) is 4.10. The van der Waals surface area contributed by atoms with E-state index in [2.05, 4.69) is 15.1 Å². The predicted molar refractivity (Wildman–Crippen MR) is 68.1 cm³/mol. The standard InChI is InChI=1S/C12H17ClN4/c13-11-4-5-12(16-15-11)17-6-8-2-1-3-10(14)9(8)7-17/h4-5,8-10H,1-3,6-7,14H2. The average molecular weight is 253 g/mol. The summed E-state index contributed by atoms with van der Waals surface area (Å²) in [6.07, 6.45) is 3.74. The van der Waals surface area contributed by atoms with E-state index in [4.69, 9.17) is 17.3 Å². The first-order valence-corrected chi connectivity index (χ1v) is 6.61. The van der Waals surface area contributed by atoms with Gasteiger partial charge in [-0.3, -0.25) is 0 Å². The minimum absolute atomic E-state index is 0.360. The zero-order valence-corrected chi connectivity index (χ0v) is 10.5. The highest BCUT2D eigenvalue weighted by Crippen LogP contribution is 2.36. The lowest BCUT2D eigenvalue weighted by atomic mass is 9.78. The van der Waals surface area contributed by atoms with E-state index < -0.39 is 0 Å². The normalized spacial score (nSPS) is 32.6. The molecule has 1 saturated carbocycles. The Balaban J connectivity index is 1.76. The van der Waals surface area contributed by atoms with Crippen LogP contribution in [0.15, 0.2) is 12.1 Å². The third kappa shape index (κ3) is 2.11. The lowest BCUT2D eigenvalue weighted by Gasteiger charge is -2.29. The Kier molecular flexibility index (Phi) is 2.92. The van der Waals surface area contributed by atoms with Gasteiger partial charge in [-0.05, 0) is 36.8 Å². The molecule has 92 valence electrons. The summed E-state index contributed by atoms with van der Waals surface area (Å²) in [4.78, 5) is 2.30. The highest BCUT2D eigenvalue weighted by Gasteiger charge is 2.39. The fourth-order valence-corrected chi connectivity index (χ4v) is 3.28. The molecule has 2 fully saturated rings. The van der Waals surface area contributed by atoms with Crippen LogP contribution in [0, 0.1) is 11.8 Å². The summed E-state index contributed by atoms with van der Waals surface area (Å²) in [5.41, 5.74) is 6.20. The fraction of sp³-hybridized carbons (Fsp3) is 0.667. The number of halogens is 1. The van der Waals surface area contributed by atoms with Crippen molar-refractivity contribution in [2.75, 3.05) is 18.0 Å². The summed E-state index contributed by atoms with van der Waals surface area (Å²) in [5.74, 6) is 2.29. The number of hydrogen-bond acceptors (Lipinski definition) is 4. The van der Waals surface area contributed by atoms with Crippen LogP contribution in [0.5, 0.6) is 0 Å². The highest BCUT2D eigenvalue weighted by molar-refractivity contribution is 6.29. The van der Waals surface area contributed by atoms with Gasteiger partial charge in [0.2, 0.25) is 0 Å². The largest absolute Gasteiger partial charge is 0.354 e. The van der Waals surface area contributed by atoms with E-state index >= 15 is 0 Å². The van der Waals surface area contributed by atoms with Crippen molar-refractivity contribution in [2.45, 2.75) is 25.3 Å². The maximum absolute atomic E-state index is 6.20. The number of hydrogen-bond donors (Lipinski definition) is 1. The minimum Gasteiger partial charge on any atom is -0.354 e. The van der Waals surface area contributed by atoms with E-state index in [-0.39, 0.29) is 0 Å². The quantitative estimate of drug-likeness (QED) is 0.827. The molecule has 1 aromatic heterocycles. The second-order valence-electron chi connectivity index (χ2n) is 5.14. The zero-order chi connectivity index (χ0) is 11.8. The first-order valence-electron chi connectivity index (χ1n) is 6.24. The summed E-state index contributed by atoms with van der Waals surface area (Å²) in [5, 5.41) is 8.50. The molecule has 2 N–H and O–H groups in total. The molecular formula is C12H17ClN4. The average Bonchev–Trinajstić information content (AvgIpc) is 2.75. The molecule has 0 amide bonds. The number of rotatable bonds is 1. The van der Waals surface area contributed by atoms with Gasteiger partial charge in [-0.25, -0.2) is 0 Å². The molecule has 5 heteroatoms. The Hall–Kier alpha value is -0.870. The van der Waals surface area contributed by atoms with Crippen LogP contribution in [0.1, 0.15) is 19.3 Å². The second kappa shape index (κ2) is 4.42. The van der Waals surface area contributed by atoms with Crippen molar-refractivity contribution < 1.29 is 0 Å². The predicted octanol–water partition coefficient (Wildman–Crippen LogP) is 1.69. The van der Waals surface area contributed by atoms with Crippen molar-refractivity contribution in [3.05, 3.63) is 17.3 Å². The molecule has 17 heavy (non-hydrogen) atoms. The molecule has 0 bridgehead atoms. The number of anilines is 1. The molecule has 0 spiro atoms. The van der Waals surface area contributed by atoms with Crippen molar-refractivity contribution in [1.82, 2.24) is 10.2 Å². The van der Waals surface area contributed by atoms with Gasteiger partial charge < -0.3 is 10.6 Å². The van der Waals surface area contributed by atoms with Crippen LogP contribution in [0.3, 0.4) is 0 Å². The summed E-state index contributed by atoms with van der Waals surface area (Å²) in [6.45, 7) is 2.08. The van der Waals surface area contributed by atoms with E-state index in [1.807, 2.05) is 6.07 Å². The molecule has 3 atom stereocenters. The SMILES string of the molecule is NC1CCCC2CN(c3ccc(Cl)nn3)CC12. The molecule has 4 nitrogen and oxygen atoms in total. The van der Waals surface area contributed by atoms with Gasteiger partial charge in [0.15, 0.2) is 11.0 Å². The van der Waals surface area contributed by atoms with Crippen LogP contribution in [-0.4, -0.2) is 29.3 Å². The third-order valence-electron chi connectivity index (χ3n) is 4.10. The molecule has 2 aliphatic rings. The van der Waals surface area contributed by atoms with Gasteiger partial charge in [-0.2, -0.15) is 0 Å². The molecular weight excluding hydrogens is 236 g/mol. The maximum atomic E-state index is 6.20. The molecule has 2 heterocycles. The van der Waals surface area contributed by atoms with Gasteiger partial charge in [-0.1, -0.05) is 18.0 Å². The van der Waals surface area contributed by atoms with Gasteiger partial charge in [0.1, 0.15) is 0 Å². The summed E-state index contributed by atoms with van der Waals surface area (Å²) < 4.78 is 0. The number of nitrogens with two attached hydrogens (primary N) is 1. The van der Waals surface area contributed by atoms with E-state index in [9.17, 15) is 0 Å². The van der Waals surface area contributed by atoms with Crippen LogP contribution >= 0.6 is 11.6 Å². The van der Waals surface area contributed by atoms with Crippen LogP contribution < -0.4 is 10.6 Å². The zero-order valence-electron chi connectivity index (χ0n) is 9.72. The molecule has 1 aliphatic carbocycles. The number of nitrogens with zero attached hydrogens (tertiary/aromatic N) is 3. The molecule has 1 saturated heterocycles. The maximum Gasteiger partial charge on any atom is 0.151 e. The highest BCUT2D eigenvalue weighted by atomic mass is 35.5. The van der Waals surface area contributed by atoms with Gasteiger partial charge in [0.25, 0.3) is 0 Å². The first-order chi connectivity index (χ1) is 8.24. The van der Waals surface area contributed by atoms with E-state index in [1.54, 1.807) is 6.07 Å². The van der Waals surface area contributed by atoms with Gasteiger partial charge in [0, 0.05) is 19.1 Å². The van der Waals surface area contributed by atoms with Gasteiger partial charge >= 0.3 is 0 Å². The molecule has 3 rings (SSSR count). The van der Waals surface area contributed by atoms with E-state index in [0.29, 0.717) is 17.1 Å². The monoisotopic (exact) mass is 252 g/mol. The van der Waals surface area contributed by atoms with Crippen LogP contribution in [0.4, 0.5) is 5.82 Å².